The number of carbonyl (C=O) groups excluding carboxylic acids is 1. The van der Waals surface area contributed by atoms with E-state index in [2.05, 4.69) is 10.3 Å². The minimum Gasteiger partial charge on any atom is -0.480 e. The molecular formula is C10H19NO5. The maximum atomic E-state index is 11.1. The molecule has 0 aliphatic rings. The Bertz CT molecular complexity index is 256. The van der Waals surface area contributed by atoms with E-state index in [0.717, 1.165) is 0 Å². The van der Waals surface area contributed by atoms with Gasteiger partial charge in [0, 0.05) is 0 Å². The summed E-state index contributed by atoms with van der Waals surface area (Å²) in [5.41, 5.74) is 1.50. The fraction of sp³-hybridized carbons (Fsp3) is 0.800. The Balaban J connectivity index is 4.12. The van der Waals surface area contributed by atoms with E-state index >= 15 is 0 Å². The van der Waals surface area contributed by atoms with Crippen LogP contribution in [-0.2, 0) is 14.4 Å². The Morgan fingerprint density at radius 1 is 1.25 bits per heavy atom. The molecule has 0 aromatic heterocycles. The van der Waals surface area contributed by atoms with Crippen molar-refractivity contribution < 1.29 is 24.3 Å². The molecule has 2 N–H and O–H groups in total. The van der Waals surface area contributed by atoms with Gasteiger partial charge in [-0.25, -0.2) is 4.79 Å². The molecule has 0 aliphatic carbocycles. The normalized spacial score (nSPS) is 13.4. The van der Waals surface area contributed by atoms with Gasteiger partial charge in [-0.15, -0.1) is 5.48 Å². The molecule has 0 bridgehead atoms. The zero-order chi connectivity index (χ0) is 12.9. The summed E-state index contributed by atoms with van der Waals surface area (Å²) < 4.78 is 4.83. The summed E-state index contributed by atoms with van der Waals surface area (Å²) in [4.78, 5) is 26.4. The minimum atomic E-state index is -1.08. The molecule has 0 aromatic carbocycles. The average molecular weight is 233 g/mol. The van der Waals surface area contributed by atoms with E-state index in [4.69, 9.17) is 9.84 Å². The summed E-state index contributed by atoms with van der Waals surface area (Å²) in [6, 6.07) is -0.951. The fourth-order valence-electron chi connectivity index (χ4n) is 0.854. The van der Waals surface area contributed by atoms with Crippen LogP contribution in [0, 0.1) is 5.92 Å². The van der Waals surface area contributed by atoms with Crippen LogP contribution in [0.4, 0.5) is 4.79 Å². The molecule has 0 heterocycles. The molecule has 0 aromatic rings. The van der Waals surface area contributed by atoms with Crippen LogP contribution in [0.2, 0.25) is 0 Å². The van der Waals surface area contributed by atoms with Crippen LogP contribution in [0.3, 0.4) is 0 Å². The maximum Gasteiger partial charge on any atom is 0.528 e. The second-order valence-electron chi connectivity index (χ2n) is 4.74. The Labute approximate surface area is 94.9 Å². The van der Waals surface area contributed by atoms with E-state index in [1.54, 1.807) is 34.6 Å². The molecule has 0 spiro atoms. The molecule has 6 nitrogen and oxygen atoms in total. The van der Waals surface area contributed by atoms with Crippen molar-refractivity contribution in [1.29, 1.82) is 0 Å². The second kappa shape index (κ2) is 5.69. The number of hydrogen-bond acceptors (Lipinski definition) is 5. The summed E-state index contributed by atoms with van der Waals surface area (Å²) in [7, 11) is 0. The lowest BCUT2D eigenvalue weighted by atomic mass is 10.1. The van der Waals surface area contributed by atoms with E-state index in [1.807, 2.05) is 0 Å². The molecule has 0 saturated carbocycles. The molecule has 94 valence electrons. The molecular weight excluding hydrogens is 214 g/mol. The lowest BCUT2D eigenvalue weighted by Crippen LogP contribution is -2.42. The number of carboxylic acids is 1. The first-order chi connectivity index (χ1) is 7.13. The Morgan fingerprint density at radius 3 is 2.06 bits per heavy atom. The largest absolute Gasteiger partial charge is 0.528 e. The zero-order valence-electron chi connectivity index (χ0n) is 10.2. The number of ether oxygens (including phenoxy) is 1. The number of rotatable bonds is 4. The molecule has 0 fully saturated rings. The molecule has 0 amide bonds. The zero-order valence-corrected chi connectivity index (χ0v) is 10.2. The average Bonchev–Trinajstić information content (AvgIpc) is 1.98. The van der Waals surface area contributed by atoms with Gasteiger partial charge < -0.3 is 14.7 Å². The van der Waals surface area contributed by atoms with Crippen molar-refractivity contribution in [2.75, 3.05) is 0 Å². The standard InChI is InChI=1S/C10H19NO5/c1-6(2)7(8(12)13)11-16-9(14)15-10(3,4)5/h6-7,11H,1-5H3,(H,12,13)/t7-/m0/s1. The van der Waals surface area contributed by atoms with Gasteiger partial charge in [0.25, 0.3) is 0 Å². The van der Waals surface area contributed by atoms with Crippen molar-refractivity contribution in [2.24, 2.45) is 5.92 Å². The van der Waals surface area contributed by atoms with E-state index in [0.29, 0.717) is 0 Å². The molecule has 1 atom stereocenters. The molecule has 0 unspecified atom stereocenters. The lowest BCUT2D eigenvalue weighted by molar-refractivity contribution is -0.145. The predicted octanol–water partition coefficient (Wildman–Crippen LogP) is 1.55. The highest BCUT2D eigenvalue weighted by Crippen LogP contribution is 2.08. The first-order valence-corrected chi connectivity index (χ1v) is 5.01. The number of hydroxylamine groups is 1. The summed E-state index contributed by atoms with van der Waals surface area (Å²) in [5, 5.41) is 8.79. The van der Waals surface area contributed by atoms with Crippen LogP contribution in [0.1, 0.15) is 34.6 Å². The van der Waals surface area contributed by atoms with Gasteiger partial charge in [-0.05, 0) is 26.7 Å². The van der Waals surface area contributed by atoms with Gasteiger partial charge in [-0.2, -0.15) is 0 Å². The van der Waals surface area contributed by atoms with E-state index < -0.39 is 23.8 Å². The van der Waals surface area contributed by atoms with Crippen molar-refractivity contribution in [1.82, 2.24) is 5.48 Å². The summed E-state index contributed by atoms with van der Waals surface area (Å²) in [6.45, 7) is 8.45. The molecule has 16 heavy (non-hydrogen) atoms. The van der Waals surface area contributed by atoms with Gasteiger partial charge in [-0.1, -0.05) is 13.8 Å². The van der Waals surface area contributed by atoms with Gasteiger partial charge in [0.05, 0.1) is 0 Å². The van der Waals surface area contributed by atoms with Crippen LogP contribution >= 0.6 is 0 Å². The highest BCUT2D eigenvalue weighted by molar-refractivity contribution is 5.73. The van der Waals surface area contributed by atoms with Crippen molar-refractivity contribution in [3.05, 3.63) is 0 Å². The van der Waals surface area contributed by atoms with Gasteiger partial charge in [-0.3, -0.25) is 4.79 Å². The lowest BCUT2D eigenvalue weighted by Gasteiger charge is -2.21. The van der Waals surface area contributed by atoms with Crippen LogP contribution in [0.5, 0.6) is 0 Å². The number of nitrogens with one attached hydrogen (secondary N) is 1. The van der Waals surface area contributed by atoms with Gasteiger partial charge in [0.15, 0.2) is 0 Å². The number of hydrogen-bond donors (Lipinski definition) is 2. The first kappa shape index (κ1) is 14.7. The monoisotopic (exact) mass is 233 g/mol. The van der Waals surface area contributed by atoms with E-state index in [1.165, 1.54) is 0 Å². The summed E-state index contributed by atoms with van der Waals surface area (Å²) in [5.74, 6) is -1.29. The highest BCUT2D eigenvalue weighted by Gasteiger charge is 2.24. The number of carboxylic acid groups (broad SMARTS) is 1. The van der Waals surface area contributed by atoms with Crippen LogP contribution < -0.4 is 5.48 Å². The minimum absolute atomic E-state index is 0.208. The van der Waals surface area contributed by atoms with Crippen LogP contribution in [0.15, 0.2) is 0 Å². The second-order valence-corrected chi connectivity index (χ2v) is 4.74. The van der Waals surface area contributed by atoms with Crippen molar-refractivity contribution >= 4 is 12.1 Å². The maximum absolute atomic E-state index is 11.1. The van der Waals surface area contributed by atoms with Crippen molar-refractivity contribution in [2.45, 2.75) is 46.3 Å². The number of aliphatic carboxylic acids is 1. The first-order valence-electron chi connectivity index (χ1n) is 5.01. The van der Waals surface area contributed by atoms with Crippen LogP contribution in [0.25, 0.3) is 0 Å². The molecule has 0 aliphatic heterocycles. The van der Waals surface area contributed by atoms with E-state index in [9.17, 15) is 9.59 Å². The summed E-state index contributed by atoms with van der Waals surface area (Å²) >= 11 is 0. The highest BCUT2D eigenvalue weighted by atomic mass is 16.8. The SMILES string of the molecule is CC(C)[C@H](NOC(=O)OC(C)(C)C)C(=O)O. The van der Waals surface area contributed by atoms with Gasteiger partial charge >= 0.3 is 12.1 Å². The van der Waals surface area contributed by atoms with Gasteiger partial charge in [0.2, 0.25) is 0 Å². The third-order valence-electron chi connectivity index (χ3n) is 1.59. The van der Waals surface area contributed by atoms with Crippen LogP contribution in [-0.4, -0.2) is 28.9 Å². The third kappa shape index (κ3) is 6.23. The molecule has 6 heteroatoms. The third-order valence-corrected chi connectivity index (χ3v) is 1.59. The van der Waals surface area contributed by atoms with Gasteiger partial charge in [0.1, 0.15) is 11.6 Å². The molecule has 0 rings (SSSR count). The smallest absolute Gasteiger partial charge is 0.480 e. The van der Waals surface area contributed by atoms with Crippen molar-refractivity contribution in [3.8, 4) is 0 Å². The molecule has 0 radical (unpaired) electrons. The van der Waals surface area contributed by atoms with Crippen molar-refractivity contribution in [3.63, 3.8) is 0 Å². The number of carbonyl (C=O) groups is 2. The Morgan fingerprint density at radius 2 is 1.75 bits per heavy atom. The Hall–Kier alpha value is -1.30. The topological polar surface area (TPSA) is 84.9 Å². The fourth-order valence-corrected chi connectivity index (χ4v) is 0.854. The van der Waals surface area contributed by atoms with E-state index in [-0.39, 0.29) is 5.92 Å². The summed E-state index contributed by atoms with van der Waals surface area (Å²) in [6.07, 6.45) is -0.945. The predicted molar refractivity (Wildman–Crippen MR) is 56.7 cm³/mol. The quantitative estimate of drug-likeness (QED) is 0.566. The Kier molecular flexibility index (Phi) is 5.23. The molecule has 0 saturated heterocycles.